The van der Waals surface area contributed by atoms with Gasteiger partial charge in [0.25, 0.3) is 15.0 Å². The Morgan fingerprint density at radius 2 is 2.05 bits per heavy atom. The standard InChI is InChI=1S/C11H15BrClNO4S/c1-3-7(4-2)6-14-11(15)8-5-9(10(12)18-8)19(13,16)17/h5,7H,3-4,6H2,1-2H3,(H,14,15). The van der Waals surface area contributed by atoms with Gasteiger partial charge in [0, 0.05) is 23.3 Å². The monoisotopic (exact) mass is 371 g/mol. The number of rotatable bonds is 6. The molecule has 0 bridgehead atoms. The molecular weight excluding hydrogens is 358 g/mol. The zero-order valence-electron chi connectivity index (χ0n) is 10.6. The van der Waals surface area contributed by atoms with E-state index in [0.29, 0.717) is 12.5 Å². The molecule has 1 heterocycles. The summed E-state index contributed by atoms with van der Waals surface area (Å²) in [6.07, 6.45) is 1.92. The van der Waals surface area contributed by atoms with E-state index in [1.54, 1.807) is 0 Å². The molecule has 0 aliphatic carbocycles. The lowest BCUT2D eigenvalue weighted by molar-refractivity contribution is 0.0917. The Labute approximate surface area is 125 Å². The molecule has 19 heavy (non-hydrogen) atoms. The van der Waals surface area contributed by atoms with Crippen LogP contribution in [0.4, 0.5) is 0 Å². The Bertz CT molecular complexity index is 551. The van der Waals surface area contributed by atoms with E-state index >= 15 is 0 Å². The van der Waals surface area contributed by atoms with Gasteiger partial charge in [-0.2, -0.15) is 0 Å². The second-order valence-corrected chi connectivity index (χ2v) is 7.33. The zero-order valence-corrected chi connectivity index (χ0v) is 13.7. The third-order valence-corrected chi connectivity index (χ3v) is 5.03. The topological polar surface area (TPSA) is 76.4 Å². The maximum Gasteiger partial charge on any atom is 0.287 e. The highest BCUT2D eigenvalue weighted by molar-refractivity contribution is 9.10. The minimum Gasteiger partial charge on any atom is -0.443 e. The van der Waals surface area contributed by atoms with E-state index in [-0.39, 0.29) is 15.3 Å². The predicted molar refractivity (Wildman–Crippen MR) is 75.9 cm³/mol. The minimum atomic E-state index is -3.94. The number of furan rings is 1. The molecule has 1 N–H and O–H groups in total. The SMILES string of the molecule is CCC(CC)CNC(=O)c1cc(S(=O)(=O)Cl)c(Br)o1. The van der Waals surface area contributed by atoms with Crippen molar-refractivity contribution in [2.45, 2.75) is 31.6 Å². The summed E-state index contributed by atoms with van der Waals surface area (Å²) in [6.45, 7) is 4.61. The number of halogens is 2. The summed E-state index contributed by atoms with van der Waals surface area (Å²) in [7, 11) is 1.27. The van der Waals surface area contributed by atoms with Crippen molar-refractivity contribution in [1.29, 1.82) is 0 Å². The molecule has 0 fully saturated rings. The summed E-state index contributed by atoms with van der Waals surface area (Å²) in [6, 6.07) is 1.11. The number of carbonyl (C=O) groups excluding carboxylic acids is 1. The Morgan fingerprint density at radius 3 is 2.47 bits per heavy atom. The van der Waals surface area contributed by atoms with Crippen LogP contribution in [-0.2, 0) is 9.05 Å². The smallest absolute Gasteiger partial charge is 0.287 e. The Morgan fingerprint density at radius 1 is 1.47 bits per heavy atom. The van der Waals surface area contributed by atoms with Gasteiger partial charge in [0.05, 0.1) is 0 Å². The van der Waals surface area contributed by atoms with Crippen LogP contribution < -0.4 is 5.32 Å². The van der Waals surface area contributed by atoms with E-state index in [2.05, 4.69) is 21.2 Å². The maximum atomic E-state index is 11.8. The van der Waals surface area contributed by atoms with Crippen LogP contribution in [0.3, 0.4) is 0 Å². The van der Waals surface area contributed by atoms with Gasteiger partial charge in [0.2, 0.25) is 0 Å². The lowest BCUT2D eigenvalue weighted by Gasteiger charge is -2.12. The molecule has 0 unspecified atom stereocenters. The second kappa shape index (κ2) is 6.76. The van der Waals surface area contributed by atoms with Crippen molar-refractivity contribution in [1.82, 2.24) is 5.32 Å². The summed E-state index contributed by atoms with van der Waals surface area (Å²) in [5.41, 5.74) is 0. The number of hydrogen-bond acceptors (Lipinski definition) is 4. The van der Waals surface area contributed by atoms with Crippen LogP contribution in [-0.4, -0.2) is 20.9 Å². The van der Waals surface area contributed by atoms with Crippen molar-refractivity contribution < 1.29 is 17.6 Å². The average Bonchev–Trinajstić information content (AvgIpc) is 2.72. The molecule has 108 valence electrons. The van der Waals surface area contributed by atoms with Gasteiger partial charge in [0.15, 0.2) is 10.4 Å². The highest BCUT2D eigenvalue weighted by atomic mass is 79.9. The van der Waals surface area contributed by atoms with Crippen LogP contribution in [0, 0.1) is 5.92 Å². The number of hydrogen-bond donors (Lipinski definition) is 1. The molecule has 0 aliphatic rings. The molecule has 0 atom stereocenters. The molecule has 1 aromatic heterocycles. The molecule has 5 nitrogen and oxygen atoms in total. The second-order valence-electron chi connectivity index (χ2n) is 4.08. The molecule has 0 aromatic carbocycles. The van der Waals surface area contributed by atoms with E-state index in [1.165, 1.54) is 0 Å². The first-order valence-corrected chi connectivity index (χ1v) is 8.92. The van der Waals surface area contributed by atoms with Crippen LogP contribution in [0.1, 0.15) is 37.2 Å². The van der Waals surface area contributed by atoms with E-state index in [4.69, 9.17) is 15.1 Å². The van der Waals surface area contributed by atoms with Crippen LogP contribution in [0.25, 0.3) is 0 Å². The predicted octanol–water partition coefficient (Wildman–Crippen LogP) is 3.14. The fourth-order valence-electron chi connectivity index (χ4n) is 1.53. The molecular formula is C11H15BrClNO4S. The average molecular weight is 373 g/mol. The van der Waals surface area contributed by atoms with Crippen molar-refractivity contribution in [3.8, 4) is 0 Å². The summed E-state index contributed by atoms with van der Waals surface area (Å²) < 4.78 is 27.4. The molecule has 0 aliphatic heterocycles. The molecule has 1 rings (SSSR count). The molecule has 0 spiro atoms. The normalized spacial score (nSPS) is 11.8. The van der Waals surface area contributed by atoms with Gasteiger partial charge in [-0.1, -0.05) is 26.7 Å². The fraction of sp³-hybridized carbons (Fsp3) is 0.545. The number of amides is 1. The summed E-state index contributed by atoms with van der Waals surface area (Å²) in [5, 5.41) is 2.70. The zero-order chi connectivity index (χ0) is 14.6. The number of nitrogens with one attached hydrogen (secondary N) is 1. The van der Waals surface area contributed by atoms with Crippen molar-refractivity contribution >= 4 is 41.6 Å². The maximum absolute atomic E-state index is 11.8. The van der Waals surface area contributed by atoms with Crippen LogP contribution >= 0.6 is 26.6 Å². The van der Waals surface area contributed by atoms with Gasteiger partial charge in [-0.3, -0.25) is 4.79 Å². The summed E-state index contributed by atoms with van der Waals surface area (Å²) in [4.78, 5) is 11.6. The van der Waals surface area contributed by atoms with Gasteiger partial charge >= 0.3 is 0 Å². The van der Waals surface area contributed by atoms with Crippen molar-refractivity contribution in [2.75, 3.05) is 6.54 Å². The minimum absolute atomic E-state index is 0.0739. The lowest BCUT2D eigenvalue weighted by Crippen LogP contribution is -2.28. The van der Waals surface area contributed by atoms with E-state index < -0.39 is 15.0 Å². The molecule has 1 aromatic rings. The van der Waals surface area contributed by atoms with Crippen molar-refractivity contribution in [2.24, 2.45) is 5.92 Å². The molecule has 1 amide bonds. The van der Waals surface area contributed by atoms with Crippen molar-refractivity contribution in [3.63, 3.8) is 0 Å². The van der Waals surface area contributed by atoms with Crippen molar-refractivity contribution in [3.05, 3.63) is 16.5 Å². The van der Waals surface area contributed by atoms with Gasteiger partial charge < -0.3 is 9.73 Å². The Hall–Kier alpha value is -0.530. The first-order valence-electron chi connectivity index (χ1n) is 5.81. The van der Waals surface area contributed by atoms with E-state index in [9.17, 15) is 13.2 Å². The fourth-order valence-corrected chi connectivity index (χ4v) is 3.56. The summed E-state index contributed by atoms with van der Waals surface area (Å²) in [5.74, 6) is -0.158. The van der Waals surface area contributed by atoms with Crippen LogP contribution in [0.15, 0.2) is 20.0 Å². The highest BCUT2D eigenvalue weighted by Gasteiger charge is 2.23. The van der Waals surface area contributed by atoms with Gasteiger partial charge in [-0.15, -0.1) is 0 Å². The largest absolute Gasteiger partial charge is 0.443 e. The Kier molecular flexibility index (Phi) is 5.88. The van der Waals surface area contributed by atoms with Gasteiger partial charge in [0.1, 0.15) is 4.90 Å². The molecule has 8 heteroatoms. The molecule has 0 saturated carbocycles. The third-order valence-electron chi connectivity index (χ3n) is 2.85. The van der Waals surface area contributed by atoms with Crippen LogP contribution in [0.5, 0.6) is 0 Å². The Balaban J connectivity index is 2.79. The first-order chi connectivity index (χ1) is 8.79. The molecule has 0 radical (unpaired) electrons. The lowest BCUT2D eigenvalue weighted by atomic mass is 10.0. The van der Waals surface area contributed by atoms with E-state index in [0.717, 1.165) is 18.9 Å². The van der Waals surface area contributed by atoms with Gasteiger partial charge in [-0.25, -0.2) is 8.42 Å². The summed E-state index contributed by atoms with van der Waals surface area (Å²) >= 11 is 2.92. The highest BCUT2D eigenvalue weighted by Crippen LogP contribution is 2.28. The van der Waals surface area contributed by atoms with Crippen LogP contribution in [0.2, 0.25) is 0 Å². The quantitative estimate of drug-likeness (QED) is 0.778. The third kappa shape index (κ3) is 4.50. The number of carbonyl (C=O) groups is 1. The molecule has 0 saturated heterocycles. The first kappa shape index (κ1) is 16.5. The van der Waals surface area contributed by atoms with Gasteiger partial charge in [-0.05, 0) is 21.8 Å². The van der Waals surface area contributed by atoms with E-state index in [1.807, 2.05) is 13.8 Å².